The van der Waals surface area contributed by atoms with Crippen molar-refractivity contribution < 1.29 is 9.53 Å². The molecule has 1 heterocycles. The van der Waals surface area contributed by atoms with Gasteiger partial charge in [0, 0.05) is 29.5 Å². The van der Waals surface area contributed by atoms with Crippen LogP contribution in [-0.2, 0) is 13.2 Å². The van der Waals surface area contributed by atoms with E-state index in [-0.39, 0.29) is 5.91 Å². The van der Waals surface area contributed by atoms with E-state index in [4.69, 9.17) is 27.9 Å². The molecule has 6 heteroatoms. The second-order valence-electron chi connectivity index (χ2n) is 5.60. The lowest BCUT2D eigenvalue weighted by molar-refractivity contribution is 0.0951. The first-order chi connectivity index (χ1) is 12.6. The minimum atomic E-state index is -0.137. The summed E-state index contributed by atoms with van der Waals surface area (Å²) < 4.78 is 5.69. The average molecular weight is 387 g/mol. The van der Waals surface area contributed by atoms with Gasteiger partial charge in [0.2, 0.25) is 0 Å². The minimum absolute atomic E-state index is 0.137. The molecule has 1 aromatic heterocycles. The number of aromatic nitrogens is 1. The molecule has 4 nitrogen and oxygen atoms in total. The number of pyridine rings is 1. The van der Waals surface area contributed by atoms with Crippen molar-refractivity contribution in [2.45, 2.75) is 13.2 Å². The minimum Gasteiger partial charge on any atom is -0.487 e. The lowest BCUT2D eigenvalue weighted by atomic mass is 10.1. The van der Waals surface area contributed by atoms with Crippen LogP contribution in [0.25, 0.3) is 0 Å². The summed E-state index contributed by atoms with van der Waals surface area (Å²) in [6.45, 7) is 0.783. The van der Waals surface area contributed by atoms with Crippen molar-refractivity contribution >= 4 is 29.1 Å². The number of nitrogens with zero attached hydrogens (tertiary/aromatic N) is 1. The number of ether oxygens (including phenoxy) is 1. The van der Waals surface area contributed by atoms with Gasteiger partial charge >= 0.3 is 0 Å². The third-order valence-electron chi connectivity index (χ3n) is 3.68. The molecule has 1 amide bonds. The SMILES string of the molecule is O=C(NCc1cccnc1)c1ccc(COc2ccc(Cl)cc2Cl)cc1. The zero-order valence-corrected chi connectivity index (χ0v) is 15.3. The van der Waals surface area contributed by atoms with Gasteiger partial charge < -0.3 is 10.1 Å². The topological polar surface area (TPSA) is 51.2 Å². The molecule has 0 radical (unpaired) electrons. The predicted octanol–water partition coefficient (Wildman–Crippen LogP) is 4.90. The molecular formula is C20H16Cl2N2O2. The third-order valence-corrected chi connectivity index (χ3v) is 4.21. The van der Waals surface area contributed by atoms with Crippen LogP contribution in [0, 0.1) is 0 Å². The van der Waals surface area contributed by atoms with Crippen LogP contribution in [0.2, 0.25) is 10.0 Å². The van der Waals surface area contributed by atoms with Crippen LogP contribution >= 0.6 is 23.2 Å². The summed E-state index contributed by atoms with van der Waals surface area (Å²) in [4.78, 5) is 16.2. The van der Waals surface area contributed by atoms with Crippen LogP contribution in [-0.4, -0.2) is 10.9 Å². The normalized spacial score (nSPS) is 10.4. The van der Waals surface area contributed by atoms with Crippen LogP contribution in [0.3, 0.4) is 0 Å². The summed E-state index contributed by atoms with van der Waals surface area (Å²) in [5.74, 6) is 0.427. The molecule has 0 bridgehead atoms. The fraction of sp³-hybridized carbons (Fsp3) is 0.100. The fourth-order valence-electron chi connectivity index (χ4n) is 2.29. The van der Waals surface area contributed by atoms with Crippen LogP contribution in [0.15, 0.2) is 67.0 Å². The Balaban J connectivity index is 1.55. The molecule has 0 aliphatic heterocycles. The highest BCUT2D eigenvalue weighted by atomic mass is 35.5. The largest absolute Gasteiger partial charge is 0.487 e. The Morgan fingerprint density at radius 3 is 2.54 bits per heavy atom. The highest BCUT2D eigenvalue weighted by Gasteiger charge is 2.07. The fourth-order valence-corrected chi connectivity index (χ4v) is 2.76. The molecule has 0 aliphatic carbocycles. The van der Waals surface area contributed by atoms with Gasteiger partial charge in [-0.2, -0.15) is 0 Å². The number of nitrogens with one attached hydrogen (secondary N) is 1. The van der Waals surface area contributed by atoms with Crippen molar-refractivity contribution in [3.8, 4) is 5.75 Å². The summed E-state index contributed by atoms with van der Waals surface area (Å²) in [5.41, 5.74) is 2.47. The number of amides is 1. The van der Waals surface area contributed by atoms with E-state index in [0.717, 1.165) is 11.1 Å². The van der Waals surface area contributed by atoms with E-state index >= 15 is 0 Å². The predicted molar refractivity (Wildman–Crippen MR) is 103 cm³/mol. The molecule has 0 fully saturated rings. The first kappa shape index (κ1) is 18.2. The van der Waals surface area contributed by atoms with E-state index in [9.17, 15) is 4.79 Å². The van der Waals surface area contributed by atoms with E-state index in [1.165, 1.54) is 0 Å². The second kappa shape index (κ2) is 8.70. The van der Waals surface area contributed by atoms with Gasteiger partial charge in [-0.15, -0.1) is 0 Å². The van der Waals surface area contributed by atoms with Crippen LogP contribution in [0.1, 0.15) is 21.5 Å². The van der Waals surface area contributed by atoms with Crippen molar-refractivity contribution in [3.63, 3.8) is 0 Å². The molecular weight excluding hydrogens is 371 g/mol. The quantitative estimate of drug-likeness (QED) is 0.655. The molecule has 0 saturated carbocycles. The molecule has 0 spiro atoms. The molecule has 132 valence electrons. The molecule has 0 aliphatic rings. The highest BCUT2D eigenvalue weighted by molar-refractivity contribution is 6.35. The molecule has 0 unspecified atom stereocenters. The molecule has 1 N–H and O–H groups in total. The molecule has 26 heavy (non-hydrogen) atoms. The molecule has 0 atom stereocenters. The number of benzene rings is 2. The maximum atomic E-state index is 12.2. The Morgan fingerprint density at radius 1 is 1.04 bits per heavy atom. The van der Waals surface area contributed by atoms with Gasteiger partial charge in [0.25, 0.3) is 5.91 Å². The number of halogens is 2. The van der Waals surface area contributed by atoms with Crippen molar-refractivity contribution in [1.29, 1.82) is 0 Å². The standard InChI is InChI=1S/C20H16Cl2N2O2/c21-17-7-8-19(18(22)10-17)26-13-14-3-5-16(6-4-14)20(25)24-12-15-2-1-9-23-11-15/h1-11H,12-13H2,(H,24,25). The zero-order valence-electron chi connectivity index (χ0n) is 13.8. The number of carbonyl (C=O) groups excluding carboxylic acids is 1. The van der Waals surface area contributed by atoms with Gasteiger partial charge in [-0.1, -0.05) is 41.4 Å². The van der Waals surface area contributed by atoms with Crippen LogP contribution in [0.4, 0.5) is 0 Å². The van der Waals surface area contributed by atoms with Crippen molar-refractivity contribution in [2.75, 3.05) is 0 Å². The first-order valence-corrected chi connectivity index (χ1v) is 8.71. The highest BCUT2D eigenvalue weighted by Crippen LogP contribution is 2.28. The van der Waals surface area contributed by atoms with Crippen molar-refractivity contribution in [1.82, 2.24) is 10.3 Å². The Labute approximate surface area is 161 Å². The van der Waals surface area contributed by atoms with Gasteiger partial charge in [0.15, 0.2) is 0 Å². The Bertz CT molecular complexity index is 884. The van der Waals surface area contributed by atoms with Gasteiger partial charge in [0.1, 0.15) is 12.4 Å². The summed E-state index contributed by atoms with van der Waals surface area (Å²) in [5, 5.41) is 3.89. The summed E-state index contributed by atoms with van der Waals surface area (Å²) in [6, 6.07) is 16.1. The summed E-state index contributed by atoms with van der Waals surface area (Å²) >= 11 is 11.9. The molecule has 3 rings (SSSR count). The maximum Gasteiger partial charge on any atom is 0.251 e. The lowest BCUT2D eigenvalue weighted by Gasteiger charge is -2.09. The summed E-state index contributed by atoms with van der Waals surface area (Å²) in [7, 11) is 0. The van der Waals surface area contributed by atoms with Crippen LogP contribution < -0.4 is 10.1 Å². The van der Waals surface area contributed by atoms with E-state index in [1.54, 1.807) is 42.7 Å². The maximum absolute atomic E-state index is 12.2. The van der Waals surface area contributed by atoms with Gasteiger partial charge in [-0.05, 0) is 47.5 Å². The number of hydrogen-bond donors (Lipinski definition) is 1. The van der Waals surface area contributed by atoms with Gasteiger partial charge in [-0.25, -0.2) is 0 Å². The third kappa shape index (κ3) is 4.97. The van der Waals surface area contributed by atoms with Crippen molar-refractivity contribution in [3.05, 3.63) is 93.7 Å². The van der Waals surface area contributed by atoms with E-state index < -0.39 is 0 Å². The summed E-state index contributed by atoms with van der Waals surface area (Å²) in [6.07, 6.45) is 3.42. The van der Waals surface area contributed by atoms with E-state index in [0.29, 0.717) is 34.5 Å². The number of rotatable bonds is 6. The number of carbonyl (C=O) groups is 1. The van der Waals surface area contributed by atoms with Gasteiger partial charge in [0.05, 0.1) is 5.02 Å². The molecule has 3 aromatic rings. The van der Waals surface area contributed by atoms with Crippen molar-refractivity contribution in [2.24, 2.45) is 0 Å². The lowest BCUT2D eigenvalue weighted by Crippen LogP contribution is -2.22. The van der Waals surface area contributed by atoms with Crippen LogP contribution in [0.5, 0.6) is 5.75 Å². The Hall–Kier alpha value is -2.56. The Morgan fingerprint density at radius 2 is 1.85 bits per heavy atom. The average Bonchev–Trinajstić information content (AvgIpc) is 2.67. The smallest absolute Gasteiger partial charge is 0.251 e. The van der Waals surface area contributed by atoms with Gasteiger partial charge in [-0.3, -0.25) is 9.78 Å². The molecule has 0 saturated heterocycles. The van der Waals surface area contributed by atoms with E-state index in [2.05, 4.69) is 10.3 Å². The molecule has 2 aromatic carbocycles. The van der Waals surface area contributed by atoms with E-state index in [1.807, 2.05) is 24.3 Å². The monoisotopic (exact) mass is 386 g/mol. The first-order valence-electron chi connectivity index (χ1n) is 7.96. The zero-order chi connectivity index (χ0) is 18.4. The Kier molecular flexibility index (Phi) is 6.10. The number of hydrogen-bond acceptors (Lipinski definition) is 3. The second-order valence-corrected chi connectivity index (χ2v) is 6.45.